The van der Waals surface area contributed by atoms with Crippen molar-refractivity contribution in [1.29, 1.82) is 0 Å². The quantitative estimate of drug-likeness (QED) is 0.892. The van der Waals surface area contributed by atoms with Crippen LogP contribution in [0.3, 0.4) is 0 Å². The molecule has 4 rings (SSSR count). The van der Waals surface area contributed by atoms with Gasteiger partial charge in [-0.1, -0.05) is 6.07 Å². The van der Waals surface area contributed by atoms with Gasteiger partial charge in [-0.3, -0.25) is 0 Å². The molecule has 6 nitrogen and oxygen atoms in total. The Balaban J connectivity index is 1.48. The van der Waals surface area contributed by atoms with Crippen LogP contribution >= 0.6 is 0 Å². The summed E-state index contributed by atoms with van der Waals surface area (Å²) in [5, 5.41) is 3.61. The van der Waals surface area contributed by atoms with E-state index >= 15 is 0 Å². The second kappa shape index (κ2) is 7.68. The lowest BCUT2D eigenvalue weighted by Crippen LogP contribution is -2.51. The van der Waals surface area contributed by atoms with E-state index in [9.17, 15) is 4.39 Å². The second-order valence-electron chi connectivity index (χ2n) is 7.55. The van der Waals surface area contributed by atoms with Crippen LogP contribution in [-0.2, 0) is 4.74 Å². The molecule has 0 radical (unpaired) electrons. The highest BCUT2D eigenvalue weighted by atomic mass is 19.1. The molecule has 27 heavy (non-hydrogen) atoms. The Bertz CT molecular complexity index is 782. The third-order valence-electron chi connectivity index (χ3n) is 5.29. The van der Waals surface area contributed by atoms with Gasteiger partial charge >= 0.3 is 0 Å². The van der Waals surface area contributed by atoms with E-state index in [1.807, 2.05) is 12.1 Å². The summed E-state index contributed by atoms with van der Waals surface area (Å²) in [6.07, 6.45) is 3.70. The largest absolute Gasteiger partial charge is 0.378 e. The molecule has 0 amide bonds. The third kappa shape index (κ3) is 4.30. The van der Waals surface area contributed by atoms with Gasteiger partial charge in [0, 0.05) is 37.9 Å². The lowest BCUT2D eigenvalue weighted by Gasteiger charge is -2.42. The number of piperidine rings is 1. The van der Waals surface area contributed by atoms with Crippen molar-refractivity contribution in [2.24, 2.45) is 0 Å². The molecule has 0 spiro atoms. The normalized spacial score (nSPS) is 23.3. The molecule has 1 aromatic heterocycles. The van der Waals surface area contributed by atoms with Crippen LogP contribution in [0, 0.1) is 5.82 Å². The van der Waals surface area contributed by atoms with E-state index in [2.05, 4.69) is 32.0 Å². The second-order valence-corrected chi connectivity index (χ2v) is 7.55. The Labute approximate surface area is 159 Å². The predicted octanol–water partition coefficient (Wildman–Crippen LogP) is 2.92. The molecular weight excluding hydrogens is 345 g/mol. The fourth-order valence-corrected chi connectivity index (χ4v) is 3.92. The highest BCUT2D eigenvalue weighted by Gasteiger charge is 2.31. The van der Waals surface area contributed by atoms with Gasteiger partial charge in [0.25, 0.3) is 0 Å². The topological polar surface area (TPSA) is 53.5 Å². The van der Waals surface area contributed by atoms with Crippen molar-refractivity contribution in [3.8, 4) is 0 Å². The van der Waals surface area contributed by atoms with Crippen molar-refractivity contribution in [3.63, 3.8) is 0 Å². The summed E-state index contributed by atoms with van der Waals surface area (Å²) in [4.78, 5) is 13.3. The Morgan fingerprint density at radius 3 is 2.78 bits per heavy atom. The van der Waals surface area contributed by atoms with Crippen LogP contribution in [0.5, 0.6) is 0 Å². The molecule has 2 aliphatic heterocycles. The average Bonchev–Trinajstić information content (AvgIpc) is 2.68. The van der Waals surface area contributed by atoms with Crippen LogP contribution in [0.1, 0.15) is 19.8 Å². The molecule has 0 aliphatic carbocycles. The number of ether oxygens (including phenoxy) is 1. The standard InChI is InChI=1S/C20H26FN5O/c1-20(6-3-7-26(14-20)17-5-2-4-16(21)12-17)24-18-13-19(23-15-22-18)25-8-10-27-11-9-25/h2,4-5,12-13,15H,3,6-11,14H2,1H3,(H,22,23,24)/t20-/m1/s1. The van der Waals surface area contributed by atoms with E-state index in [1.165, 1.54) is 6.07 Å². The van der Waals surface area contributed by atoms with Crippen molar-refractivity contribution in [2.45, 2.75) is 25.3 Å². The predicted molar refractivity (Wildman–Crippen MR) is 105 cm³/mol. The van der Waals surface area contributed by atoms with Gasteiger partial charge in [-0.05, 0) is 38.0 Å². The first-order valence-corrected chi connectivity index (χ1v) is 9.55. The number of anilines is 3. The average molecular weight is 371 g/mol. The molecule has 2 aromatic rings. The zero-order valence-electron chi connectivity index (χ0n) is 15.7. The maximum atomic E-state index is 13.6. The number of nitrogens with zero attached hydrogens (tertiary/aromatic N) is 4. The van der Waals surface area contributed by atoms with Gasteiger partial charge in [0.1, 0.15) is 23.8 Å². The number of hydrogen-bond donors (Lipinski definition) is 1. The van der Waals surface area contributed by atoms with Crippen molar-refractivity contribution in [3.05, 3.63) is 42.5 Å². The number of nitrogens with one attached hydrogen (secondary N) is 1. The van der Waals surface area contributed by atoms with Gasteiger partial charge < -0.3 is 19.9 Å². The van der Waals surface area contributed by atoms with Crippen LogP contribution in [-0.4, -0.2) is 54.9 Å². The summed E-state index contributed by atoms with van der Waals surface area (Å²) in [7, 11) is 0. The third-order valence-corrected chi connectivity index (χ3v) is 5.29. The molecule has 0 saturated carbocycles. The van der Waals surface area contributed by atoms with Gasteiger partial charge in [-0.25, -0.2) is 14.4 Å². The van der Waals surface area contributed by atoms with Crippen LogP contribution in [0.4, 0.5) is 21.7 Å². The summed E-state index contributed by atoms with van der Waals surface area (Å²) in [6.45, 7) is 7.09. The van der Waals surface area contributed by atoms with Crippen molar-refractivity contribution >= 4 is 17.3 Å². The zero-order valence-corrected chi connectivity index (χ0v) is 15.7. The molecule has 2 fully saturated rings. The number of aromatic nitrogens is 2. The minimum Gasteiger partial charge on any atom is -0.378 e. The summed E-state index contributed by atoms with van der Waals surface area (Å²) < 4.78 is 19.0. The molecule has 2 saturated heterocycles. The van der Waals surface area contributed by atoms with Gasteiger partial charge in [-0.2, -0.15) is 0 Å². The summed E-state index contributed by atoms with van der Waals surface area (Å²) in [5.74, 6) is 1.56. The lowest BCUT2D eigenvalue weighted by molar-refractivity contribution is 0.122. The van der Waals surface area contributed by atoms with E-state index in [-0.39, 0.29) is 11.4 Å². The number of morpholine rings is 1. The number of halogens is 1. The highest BCUT2D eigenvalue weighted by Crippen LogP contribution is 2.29. The molecule has 1 N–H and O–H groups in total. The minimum atomic E-state index is -0.196. The van der Waals surface area contributed by atoms with Crippen LogP contribution < -0.4 is 15.1 Å². The van der Waals surface area contributed by atoms with Gasteiger partial charge in [0.05, 0.1) is 18.8 Å². The van der Waals surface area contributed by atoms with E-state index < -0.39 is 0 Å². The monoisotopic (exact) mass is 371 g/mol. The molecule has 144 valence electrons. The first-order valence-electron chi connectivity index (χ1n) is 9.55. The molecule has 1 aromatic carbocycles. The number of hydrogen-bond acceptors (Lipinski definition) is 6. The minimum absolute atomic E-state index is 0.138. The van der Waals surface area contributed by atoms with E-state index in [0.717, 1.165) is 69.6 Å². The molecule has 0 bridgehead atoms. The summed E-state index contributed by atoms with van der Waals surface area (Å²) >= 11 is 0. The van der Waals surface area contributed by atoms with Gasteiger partial charge in [0.2, 0.25) is 0 Å². The Morgan fingerprint density at radius 1 is 1.11 bits per heavy atom. The zero-order chi connectivity index (χ0) is 18.7. The Morgan fingerprint density at radius 2 is 1.96 bits per heavy atom. The van der Waals surface area contributed by atoms with Gasteiger partial charge in [-0.15, -0.1) is 0 Å². The maximum Gasteiger partial charge on any atom is 0.134 e. The van der Waals surface area contributed by atoms with E-state index in [0.29, 0.717) is 0 Å². The summed E-state index contributed by atoms with van der Waals surface area (Å²) in [6, 6.07) is 8.84. The fraction of sp³-hybridized carbons (Fsp3) is 0.500. The number of benzene rings is 1. The van der Waals surface area contributed by atoms with Crippen molar-refractivity contribution < 1.29 is 9.13 Å². The SMILES string of the molecule is C[C@@]1(Nc2cc(N3CCOCC3)ncn2)CCCN(c2cccc(F)c2)C1. The molecule has 3 heterocycles. The Kier molecular flexibility index (Phi) is 5.11. The molecule has 7 heteroatoms. The summed E-state index contributed by atoms with van der Waals surface area (Å²) in [5.41, 5.74) is 0.792. The van der Waals surface area contributed by atoms with E-state index in [4.69, 9.17) is 4.74 Å². The first-order chi connectivity index (χ1) is 13.1. The Hall–Kier alpha value is -2.41. The molecular formula is C20H26FN5O. The molecule has 2 aliphatic rings. The highest BCUT2D eigenvalue weighted by molar-refractivity contribution is 5.52. The fourth-order valence-electron chi connectivity index (χ4n) is 3.92. The van der Waals surface area contributed by atoms with Crippen LogP contribution in [0.25, 0.3) is 0 Å². The molecule has 0 unspecified atom stereocenters. The van der Waals surface area contributed by atoms with Gasteiger partial charge in [0.15, 0.2) is 0 Å². The first kappa shape index (κ1) is 18.0. The smallest absolute Gasteiger partial charge is 0.134 e. The van der Waals surface area contributed by atoms with Crippen molar-refractivity contribution in [2.75, 3.05) is 54.5 Å². The maximum absolute atomic E-state index is 13.6. The lowest BCUT2D eigenvalue weighted by atomic mass is 9.90. The number of rotatable bonds is 4. The van der Waals surface area contributed by atoms with Crippen molar-refractivity contribution in [1.82, 2.24) is 9.97 Å². The van der Waals surface area contributed by atoms with E-state index in [1.54, 1.807) is 18.5 Å². The van der Waals surface area contributed by atoms with Crippen LogP contribution in [0.15, 0.2) is 36.7 Å². The molecule has 1 atom stereocenters. The van der Waals surface area contributed by atoms with Crippen LogP contribution in [0.2, 0.25) is 0 Å².